The number of hydrogen-bond donors (Lipinski definition) is 0. The predicted octanol–water partition coefficient (Wildman–Crippen LogP) is 3.19. The lowest BCUT2D eigenvalue weighted by Crippen LogP contribution is -2.36. The van der Waals surface area contributed by atoms with Crippen LogP contribution in [0.15, 0.2) is 34.9 Å². The van der Waals surface area contributed by atoms with Crippen molar-refractivity contribution in [3.63, 3.8) is 0 Å². The maximum absolute atomic E-state index is 13.0. The third-order valence-electron chi connectivity index (χ3n) is 5.99. The Hall–Kier alpha value is -2.60. The van der Waals surface area contributed by atoms with Crippen LogP contribution in [-0.2, 0) is 36.0 Å². The van der Waals surface area contributed by atoms with Gasteiger partial charge in [0.25, 0.3) is 0 Å². The molecular formula is C22H25N3O3. The number of aryl methyl sites for hydroxylation is 1. The number of nitrogens with zero attached hydrogens (tertiary/aromatic N) is 3. The summed E-state index contributed by atoms with van der Waals surface area (Å²) in [5, 5.41) is 1.15. The van der Waals surface area contributed by atoms with Crippen LogP contribution in [0.5, 0.6) is 0 Å². The minimum atomic E-state index is 0.151. The summed E-state index contributed by atoms with van der Waals surface area (Å²) >= 11 is 0. The summed E-state index contributed by atoms with van der Waals surface area (Å²) in [6, 6.07) is 8.23. The van der Waals surface area contributed by atoms with Crippen LogP contribution >= 0.6 is 0 Å². The fourth-order valence-corrected chi connectivity index (χ4v) is 4.39. The van der Waals surface area contributed by atoms with Crippen molar-refractivity contribution in [1.82, 2.24) is 14.5 Å². The van der Waals surface area contributed by atoms with Gasteiger partial charge in [0.15, 0.2) is 5.89 Å². The summed E-state index contributed by atoms with van der Waals surface area (Å²) in [4.78, 5) is 19.6. The Morgan fingerprint density at radius 1 is 1.25 bits per heavy atom. The molecule has 2 aliphatic heterocycles. The number of rotatable bonds is 3. The molecule has 6 nitrogen and oxygen atoms in total. The summed E-state index contributed by atoms with van der Waals surface area (Å²) in [7, 11) is 2.02. The lowest BCUT2D eigenvalue weighted by Gasteiger charge is -2.25. The van der Waals surface area contributed by atoms with Crippen LogP contribution in [0.4, 0.5) is 0 Å². The van der Waals surface area contributed by atoms with Crippen LogP contribution in [0.2, 0.25) is 0 Å². The van der Waals surface area contributed by atoms with Crippen molar-refractivity contribution < 1.29 is 13.9 Å². The van der Waals surface area contributed by atoms with E-state index in [9.17, 15) is 4.79 Å². The molecule has 146 valence electrons. The summed E-state index contributed by atoms with van der Waals surface area (Å²) in [5.74, 6) is 2.28. The Labute approximate surface area is 164 Å². The zero-order valence-corrected chi connectivity index (χ0v) is 16.2. The Bertz CT molecular complexity index is 1010. The van der Waals surface area contributed by atoms with Gasteiger partial charge in [-0.05, 0) is 24.5 Å². The van der Waals surface area contributed by atoms with Gasteiger partial charge in [0, 0.05) is 56.2 Å². The van der Waals surface area contributed by atoms with E-state index in [0.29, 0.717) is 25.4 Å². The zero-order chi connectivity index (χ0) is 19.1. The van der Waals surface area contributed by atoms with Gasteiger partial charge >= 0.3 is 0 Å². The van der Waals surface area contributed by atoms with Crippen molar-refractivity contribution in [3.8, 4) is 0 Å². The number of ether oxygens (including phenoxy) is 1. The standard InChI is InChI=1S/C22H25N3O3/c1-24-13-16(17-4-2-3-5-19(17)24)12-21(26)25-9-6-20-18(14-25)23-22(28-20)15-7-10-27-11-8-15/h2-5,13,15H,6-12,14H2,1H3. The van der Waals surface area contributed by atoms with E-state index in [1.807, 2.05) is 24.1 Å². The molecule has 0 N–H and O–H groups in total. The third kappa shape index (κ3) is 3.11. The third-order valence-corrected chi connectivity index (χ3v) is 5.99. The van der Waals surface area contributed by atoms with Gasteiger partial charge in [-0.1, -0.05) is 18.2 Å². The van der Waals surface area contributed by atoms with Crippen LogP contribution < -0.4 is 0 Å². The largest absolute Gasteiger partial charge is 0.445 e. The van der Waals surface area contributed by atoms with E-state index in [2.05, 4.69) is 22.9 Å². The maximum atomic E-state index is 13.0. The molecule has 0 bridgehead atoms. The van der Waals surface area contributed by atoms with Crippen LogP contribution in [0.3, 0.4) is 0 Å². The molecule has 2 aliphatic rings. The van der Waals surface area contributed by atoms with E-state index in [1.165, 1.54) is 0 Å². The first-order valence-electron chi connectivity index (χ1n) is 10.1. The molecule has 1 amide bonds. The Morgan fingerprint density at radius 2 is 2.07 bits per heavy atom. The first-order chi connectivity index (χ1) is 13.7. The number of para-hydroxylation sites is 1. The van der Waals surface area contributed by atoms with E-state index in [1.54, 1.807) is 0 Å². The van der Waals surface area contributed by atoms with Gasteiger partial charge in [-0.3, -0.25) is 4.79 Å². The van der Waals surface area contributed by atoms with E-state index in [4.69, 9.17) is 14.1 Å². The summed E-state index contributed by atoms with van der Waals surface area (Å²) in [5.41, 5.74) is 3.17. The number of aromatic nitrogens is 2. The number of oxazole rings is 1. The van der Waals surface area contributed by atoms with Crippen molar-refractivity contribution in [1.29, 1.82) is 0 Å². The van der Waals surface area contributed by atoms with Crippen LogP contribution in [0.1, 0.15) is 41.7 Å². The molecule has 0 saturated carbocycles. The van der Waals surface area contributed by atoms with Crippen LogP contribution in [0.25, 0.3) is 10.9 Å². The van der Waals surface area contributed by atoms with Gasteiger partial charge < -0.3 is 18.6 Å². The van der Waals surface area contributed by atoms with Crippen molar-refractivity contribution in [2.75, 3.05) is 19.8 Å². The Morgan fingerprint density at radius 3 is 2.93 bits per heavy atom. The quantitative estimate of drug-likeness (QED) is 0.701. The monoisotopic (exact) mass is 379 g/mol. The van der Waals surface area contributed by atoms with Crippen molar-refractivity contribution in [2.24, 2.45) is 7.05 Å². The molecule has 3 aromatic rings. The van der Waals surface area contributed by atoms with E-state index >= 15 is 0 Å². The number of carbonyl (C=O) groups excluding carboxylic acids is 1. The molecule has 4 heterocycles. The highest BCUT2D eigenvalue weighted by molar-refractivity contribution is 5.89. The van der Waals surface area contributed by atoms with Gasteiger partial charge in [0.05, 0.1) is 13.0 Å². The molecule has 2 aromatic heterocycles. The second-order valence-electron chi connectivity index (χ2n) is 7.83. The maximum Gasteiger partial charge on any atom is 0.227 e. The van der Waals surface area contributed by atoms with Crippen molar-refractivity contribution in [3.05, 3.63) is 53.4 Å². The lowest BCUT2D eigenvalue weighted by molar-refractivity contribution is -0.131. The average molecular weight is 379 g/mol. The van der Waals surface area contributed by atoms with E-state index < -0.39 is 0 Å². The summed E-state index contributed by atoms with van der Waals surface area (Å²) in [6.45, 7) is 2.78. The molecule has 1 saturated heterocycles. The number of carbonyl (C=O) groups is 1. The SMILES string of the molecule is Cn1cc(CC(=O)N2CCc3oc(C4CCOCC4)nc3C2)c2ccccc21. The molecule has 0 aliphatic carbocycles. The molecule has 0 spiro atoms. The fraction of sp³-hybridized carbons (Fsp3) is 0.455. The first-order valence-corrected chi connectivity index (χ1v) is 10.1. The van der Waals surface area contributed by atoms with Crippen molar-refractivity contribution >= 4 is 16.8 Å². The Balaban J connectivity index is 1.31. The second kappa shape index (κ2) is 7.09. The van der Waals surface area contributed by atoms with Crippen molar-refractivity contribution in [2.45, 2.75) is 38.1 Å². The lowest BCUT2D eigenvalue weighted by atomic mass is 10.0. The van der Waals surface area contributed by atoms with Gasteiger partial charge in [-0.25, -0.2) is 4.98 Å². The minimum Gasteiger partial charge on any atom is -0.445 e. The smallest absolute Gasteiger partial charge is 0.227 e. The molecular weight excluding hydrogens is 354 g/mol. The highest BCUT2D eigenvalue weighted by atomic mass is 16.5. The summed E-state index contributed by atoms with van der Waals surface area (Å²) in [6.07, 6.45) is 5.15. The Kier molecular flexibility index (Phi) is 4.43. The molecule has 1 fully saturated rings. The average Bonchev–Trinajstić information content (AvgIpc) is 3.30. The molecule has 28 heavy (non-hydrogen) atoms. The fourth-order valence-electron chi connectivity index (χ4n) is 4.39. The number of benzene rings is 1. The molecule has 5 rings (SSSR count). The molecule has 0 radical (unpaired) electrons. The molecule has 0 atom stereocenters. The molecule has 0 unspecified atom stereocenters. The van der Waals surface area contributed by atoms with E-state index in [-0.39, 0.29) is 5.91 Å². The van der Waals surface area contributed by atoms with Gasteiger partial charge in [-0.15, -0.1) is 0 Å². The molecule has 1 aromatic carbocycles. The number of fused-ring (bicyclic) bond motifs is 2. The number of amides is 1. The van der Waals surface area contributed by atoms with Gasteiger partial charge in [-0.2, -0.15) is 0 Å². The van der Waals surface area contributed by atoms with E-state index in [0.717, 1.165) is 66.3 Å². The highest BCUT2D eigenvalue weighted by Gasteiger charge is 2.29. The van der Waals surface area contributed by atoms with Gasteiger partial charge in [0.1, 0.15) is 11.5 Å². The summed E-state index contributed by atoms with van der Waals surface area (Å²) < 4.78 is 13.6. The highest BCUT2D eigenvalue weighted by Crippen LogP contribution is 2.30. The predicted molar refractivity (Wildman–Crippen MR) is 105 cm³/mol. The minimum absolute atomic E-state index is 0.151. The number of hydrogen-bond acceptors (Lipinski definition) is 4. The molecule has 6 heteroatoms. The normalized spacial score (nSPS) is 17.8. The topological polar surface area (TPSA) is 60.5 Å². The van der Waals surface area contributed by atoms with Gasteiger partial charge in [0.2, 0.25) is 5.91 Å². The first kappa shape index (κ1) is 17.5. The zero-order valence-electron chi connectivity index (χ0n) is 16.2. The van der Waals surface area contributed by atoms with Crippen LogP contribution in [-0.4, -0.2) is 40.1 Å². The second-order valence-corrected chi connectivity index (χ2v) is 7.83. The van der Waals surface area contributed by atoms with Crippen LogP contribution in [0, 0.1) is 0 Å².